The van der Waals surface area contributed by atoms with E-state index in [0.717, 1.165) is 10.3 Å². The molecule has 76 valence electrons. The van der Waals surface area contributed by atoms with Crippen molar-refractivity contribution >= 4 is 0 Å². The van der Waals surface area contributed by atoms with Gasteiger partial charge in [0.25, 0.3) is 0 Å². The summed E-state index contributed by atoms with van der Waals surface area (Å²) >= 11 is 0. The highest BCUT2D eigenvalue weighted by atomic mass is 16.5. The Morgan fingerprint density at radius 2 is 2.07 bits per heavy atom. The smallest absolute Gasteiger partial charge is 0.316 e. The summed E-state index contributed by atoms with van der Waals surface area (Å²) in [4.78, 5) is 7.80. The van der Waals surface area contributed by atoms with Gasteiger partial charge in [0.2, 0.25) is 0 Å². The molecular weight excluding hydrogens is 194 g/mol. The van der Waals surface area contributed by atoms with E-state index in [1.807, 2.05) is 0 Å². The Morgan fingerprint density at radius 3 is 2.80 bits per heavy atom. The van der Waals surface area contributed by atoms with Crippen molar-refractivity contribution in [3.05, 3.63) is 53.8 Å². The van der Waals surface area contributed by atoms with Crippen LogP contribution in [0.3, 0.4) is 0 Å². The van der Waals surface area contributed by atoms with Crippen molar-refractivity contribution in [2.24, 2.45) is 0 Å². The zero-order valence-corrected chi connectivity index (χ0v) is 7.91. The predicted molar refractivity (Wildman–Crippen MR) is 51.8 cm³/mol. The maximum atomic E-state index is 10.9. The summed E-state index contributed by atoms with van der Waals surface area (Å²) < 4.78 is 6.00. The summed E-state index contributed by atoms with van der Waals surface area (Å²) in [6.45, 7) is 0.285. The van der Waals surface area contributed by atoms with Gasteiger partial charge in [-0.05, 0) is 12.1 Å². The Labute approximate surface area is 86.6 Å². The van der Waals surface area contributed by atoms with Crippen LogP contribution < -0.4 is 9.47 Å². The fraction of sp³-hybridized carbons (Fsp3) is 0.100. The number of hydrogen-bond acceptors (Lipinski definition) is 4. The molecule has 0 spiro atoms. The van der Waals surface area contributed by atoms with Crippen LogP contribution in [0.2, 0.25) is 0 Å². The quantitative estimate of drug-likeness (QED) is 0.544. The van der Waals surface area contributed by atoms with E-state index in [1.165, 1.54) is 12.4 Å². The van der Waals surface area contributed by atoms with Crippen LogP contribution in [0.4, 0.5) is 0 Å². The third kappa shape index (κ3) is 2.63. The topological polar surface area (TPSA) is 62.0 Å². The molecule has 0 N–H and O–H groups in total. The Hall–Kier alpha value is -2.17. The van der Waals surface area contributed by atoms with Gasteiger partial charge in [-0.25, -0.2) is 9.97 Å². The third-order valence-electron chi connectivity index (χ3n) is 1.75. The standard InChI is InChI=1S/C10H9N3O2/c14-13-6-1-3-9(7-13)8-15-10-11-4-2-5-12-10/h1-7H,8H2. The summed E-state index contributed by atoms with van der Waals surface area (Å²) in [6.07, 6.45) is 6.06. The van der Waals surface area contributed by atoms with Gasteiger partial charge in [0.15, 0.2) is 12.4 Å². The molecule has 0 bridgehead atoms. The minimum absolute atomic E-state index is 0.285. The van der Waals surface area contributed by atoms with E-state index >= 15 is 0 Å². The van der Waals surface area contributed by atoms with E-state index in [0.29, 0.717) is 6.01 Å². The first-order valence-corrected chi connectivity index (χ1v) is 4.42. The summed E-state index contributed by atoms with van der Waals surface area (Å²) in [5.41, 5.74) is 0.778. The molecule has 2 rings (SSSR count). The number of rotatable bonds is 3. The van der Waals surface area contributed by atoms with Gasteiger partial charge in [-0.1, -0.05) is 0 Å². The molecule has 0 radical (unpaired) electrons. The molecule has 0 amide bonds. The average Bonchev–Trinajstić information content (AvgIpc) is 2.28. The summed E-state index contributed by atoms with van der Waals surface area (Å²) in [7, 11) is 0. The van der Waals surface area contributed by atoms with Crippen LogP contribution in [-0.2, 0) is 6.61 Å². The van der Waals surface area contributed by atoms with Crippen LogP contribution in [0.1, 0.15) is 5.56 Å². The Balaban J connectivity index is 1.99. The lowest BCUT2D eigenvalue weighted by atomic mass is 10.3. The third-order valence-corrected chi connectivity index (χ3v) is 1.75. The van der Waals surface area contributed by atoms with Gasteiger partial charge >= 0.3 is 6.01 Å². The van der Waals surface area contributed by atoms with Gasteiger partial charge < -0.3 is 9.94 Å². The lowest BCUT2D eigenvalue weighted by Gasteiger charge is -2.03. The zero-order chi connectivity index (χ0) is 10.5. The maximum Gasteiger partial charge on any atom is 0.316 e. The Kier molecular flexibility index (Phi) is 2.73. The molecule has 2 aromatic heterocycles. The zero-order valence-electron chi connectivity index (χ0n) is 7.91. The van der Waals surface area contributed by atoms with Crippen LogP contribution in [0, 0.1) is 5.21 Å². The SMILES string of the molecule is [O-][n+]1cccc(COc2ncccn2)c1. The normalized spacial score (nSPS) is 9.87. The molecule has 0 saturated heterocycles. The molecule has 0 aliphatic carbocycles. The summed E-state index contributed by atoms with van der Waals surface area (Å²) in [6, 6.07) is 5.48. The molecule has 0 aliphatic rings. The van der Waals surface area contributed by atoms with E-state index < -0.39 is 0 Å². The largest absolute Gasteiger partial charge is 0.619 e. The van der Waals surface area contributed by atoms with Crippen molar-refractivity contribution < 1.29 is 9.47 Å². The molecule has 0 saturated carbocycles. The van der Waals surface area contributed by atoms with Gasteiger partial charge in [0, 0.05) is 18.5 Å². The minimum Gasteiger partial charge on any atom is -0.619 e. The van der Waals surface area contributed by atoms with Crippen LogP contribution in [0.25, 0.3) is 0 Å². The van der Waals surface area contributed by atoms with Crippen LogP contribution in [0.5, 0.6) is 6.01 Å². The van der Waals surface area contributed by atoms with Crippen LogP contribution >= 0.6 is 0 Å². The molecule has 2 heterocycles. The molecule has 0 aromatic carbocycles. The molecule has 5 heteroatoms. The number of hydrogen-bond donors (Lipinski definition) is 0. The fourth-order valence-corrected chi connectivity index (χ4v) is 1.09. The predicted octanol–water partition coefficient (Wildman–Crippen LogP) is 0.689. The minimum atomic E-state index is 0.285. The molecule has 15 heavy (non-hydrogen) atoms. The molecule has 5 nitrogen and oxygen atoms in total. The second-order valence-corrected chi connectivity index (χ2v) is 2.89. The van der Waals surface area contributed by atoms with Gasteiger partial charge in [0.1, 0.15) is 6.61 Å². The van der Waals surface area contributed by atoms with E-state index in [1.54, 1.807) is 30.6 Å². The van der Waals surface area contributed by atoms with E-state index in [-0.39, 0.29) is 6.61 Å². The fourth-order valence-electron chi connectivity index (χ4n) is 1.09. The Morgan fingerprint density at radius 1 is 1.27 bits per heavy atom. The average molecular weight is 203 g/mol. The van der Waals surface area contributed by atoms with Gasteiger partial charge in [-0.15, -0.1) is 0 Å². The maximum absolute atomic E-state index is 10.9. The number of aromatic nitrogens is 3. The number of nitrogens with zero attached hydrogens (tertiary/aromatic N) is 3. The van der Waals surface area contributed by atoms with Crippen molar-refractivity contribution in [3.8, 4) is 6.01 Å². The van der Waals surface area contributed by atoms with Crippen LogP contribution in [-0.4, -0.2) is 9.97 Å². The van der Waals surface area contributed by atoms with E-state index in [2.05, 4.69) is 9.97 Å². The van der Waals surface area contributed by atoms with Crippen molar-refractivity contribution in [1.82, 2.24) is 9.97 Å². The van der Waals surface area contributed by atoms with Crippen molar-refractivity contribution in [3.63, 3.8) is 0 Å². The first-order valence-electron chi connectivity index (χ1n) is 4.42. The molecule has 0 unspecified atom stereocenters. The van der Waals surface area contributed by atoms with E-state index in [9.17, 15) is 5.21 Å². The van der Waals surface area contributed by atoms with Crippen LogP contribution in [0.15, 0.2) is 43.0 Å². The second-order valence-electron chi connectivity index (χ2n) is 2.89. The summed E-state index contributed by atoms with van der Waals surface area (Å²) in [5, 5.41) is 10.9. The van der Waals surface area contributed by atoms with Gasteiger partial charge in [-0.3, -0.25) is 0 Å². The Bertz CT molecular complexity index is 434. The molecule has 2 aromatic rings. The number of pyridine rings is 1. The molecule has 0 fully saturated rings. The highest BCUT2D eigenvalue weighted by Crippen LogP contribution is 2.02. The van der Waals surface area contributed by atoms with Crippen molar-refractivity contribution in [2.45, 2.75) is 6.61 Å². The van der Waals surface area contributed by atoms with Gasteiger partial charge in [0.05, 0.1) is 5.56 Å². The number of ether oxygens (including phenoxy) is 1. The monoisotopic (exact) mass is 203 g/mol. The first-order chi connectivity index (χ1) is 7.34. The summed E-state index contributed by atoms with van der Waals surface area (Å²) in [5.74, 6) is 0. The van der Waals surface area contributed by atoms with Crippen molar-refractivity contribution in [1.29, 1.82) is 0 Å². The lowest BCUT2D eigenvalue weighted by Crippen LogP contribution is -2.25. The van der Waals surface area contributed by atoms with E-state index in [4.69, 9.17) is 4.74 Å². The van der Waals surface area contributed by atoms with Crippen molar-refractivity contribution in [2.75, 3.05) is 0 Å². The molecule has 0 aliphatic heterocycles. The van der Waals surface area contributed by atoms with Gasteiger partial charge in [-0.2, -0.15) is 4.73 Å². The highest BCUT2D eigenvalue weighted by Gasteiger charge is 1.99. The highest BCUT2D eigenvalue weighted by molar-refractivity contribution is 5.05. The second kappa shape index (κ2) is 4.36. The molecule has 0 atom stereocenters. The first kappa shape index (κ1) is 9.39. The lowest BCUT2D eigenvalue weighted by molar-refractivity contribution is -0.606. The molecular formula is C10H9N3O2.